The molecule has 1 aliphatic heterocycles. The lowest BCUT2D eigenvalue weighted by molar-refractivity contribution is -0.134. The van der Waals surface area contributed by atoms with Crippen molar-refractivity contribution in [2.75, 3.05) is 5.75 Å². The SMILES string of the molecule is O=C(O)/C(F)=C1/CCSc2ccccc21. The Labute approximate surface area is 90.8 Å². The highest BCUT2D eigenvalue weighted by Crippen LogP contribution is 2.38. The average Bonchev–Trinajstić information content (AvgIpc) is 2.27. The Hall–Kier alpha value is -1.29. The van der Waals surface area contributed by atoms with Crippen LogP contribution in [0, 0.1) is 0 Å². The van der Waals surface area contributed by atoms with Gasteiger partial charge in [0.15, 0.2) is 0 Å². The van der Waals surface area contributed by atoms with Gasteiger partial charge in [-0.3, -0.25) is 0 Å². The van der Waals surface area contributed by atoms with Crippen molar-refractivity contribution in [3.05, 3.63) is 35.7 Å². The summed E-state index contributed by atoms with van der Waals surface area (Å²) in [4.78, 5) is 11.5. The zero-order chi connectivity index (χ0) is 10.8. The summed E-state index contributed by atoms with van der Waals surface area (Å²) in [6.45, 7) is 0. The predicted molar refractivity (Wildman–Crippen MR) is 57.4 cm³/mol. The predicted octanol–water partition coefficient (Wildman–Crippen LogP) is 2.95. The molecule has 15 heavy (non-hydrogen) atoms. The van der Waals surface area contributed by atoms with Crippen molar-refractivity contribution < 1.29 is 14.3 Å². The minimum atomic E-state index is -1.48. The third kappa shape index (κ3) is 1.90. The maximum Gasteiger partial charge on any atom is 0.365 e. The van der Waals surface area contributed by atoms with E-state index in [1.54, 1.807) is 23.9 Å². The van der Waals surface area contributed by atoms with E-state index in [2.05, 4.69) is 0 Å². The van der Waals surface area contributed by atoms with Gasteiger partial charge in [0.25, 0.3) is 0 Å². The van der Waals surface area contributed by atoms with Gasteiger partial charge in [0.1, 0.15) is 0 Å². The summed E-state index contributed by atoms with van der Waals surface area (Å²) in [5, 5.41) is 8.62. The van der Waals surface area contributed by atoms with E-state index in [1.807, 2.05) is 12.1 Å². The van der Waals surface area contributed by atoms with E-state index >= 15 is 0 Å². The lowest BCUT2D eigenvalue weighted by atomic mass is 10.0. The van der Waals surface area contributed by atoms with Crippen LogP contribution in [0.2, 0.25) is 0 Å². The first-order chi connectivity index (χ1) is 7.20. The number of aliphatic carboxylic acids is 1. The molecule has 0 saturated carbocycles. The van der Waals surface area contributed by atoms with Crippen molar-refractivity contribution in [1.29, 1.82) is 0 Å². The summed E-state index contributed by atoms with van der Waals surface area (Å²) < 4.78 is 13.4. The Morgan fingerprint density at radius 2 is 2.13 bits per heavy atom. The van der Waals surface area contributed by atoms with Crippen LogP contribution >= 0.6 is 11.8 Å². The fourth-order valence-corrected chi connectivity index (χ4v) is 2.64. The number of hydrogen-bond donors (Lipinski definition) is 1. The molecule has 0 unspecified atom stereocenters. The molecule has 2 nitrogen and oxygen atoms in total. The molecule has 2 rings (SSSR count). The normalized spacial score (nSPS) is 18.2. The van der Waals surface area contributed by atoms with Gasteiger partial charge in [-0.15, -0.1) is 11.8 Å². The molecular weight excluding hydrogens is 215 g/mol. The third-order valence-corrected chi connectivity index (χ3v) is 3.35. The first-order valence-corrected chi connectivity index (χ1v) is 5.53. The number of allylic oxidation sites excluding steroid dienone is 1. The number of fused-ring (bicyclic) bond motifs is 1. The zero-order valence-corrected chi connectivity index (χ0v) is 8.68. The van der Waals surface area contributed by atoms with E-state index in [4.69, 9.17) is 5.11 Å². The quantitative estimate of drug-likeness (QED) is 0.745. The van der Waals surface area contributed by atoms with Crippen LogP contribution in [0.1, 0.15) is 12.0 Å². The van der Waals surface area contributed by atoms with Gasteiger partial charge in [-0.2, -0.15) is 4.39 Å². The van der Waals surface area contributed by atoms with Crippen LogP contribution < -0.4 is 0 Å². The van der Waals surface area contributed by atoms with E-state index in [0.717, 1.165) is 10.6 Å². The van der Waals surface area contributed by atoms with Gasteiger partial charge in [-0.1, -0.05) is 18.2 Å². The molecule has 4 heteroatoms. The van der Waals surface area contributed by atoms with E-state index in [0.29, 0.717) is 17.6 Å². The summed E-state index contributed by atoms with van der Waals surface area (Å²) in [6, 6.07) is 7.31. The second kappa shape index (κ2) is 4.06. The van der Waals surface area contributed by atoms with Gasteiger partial charge in [-0.25, -0.2) is 4.79 Å². The molecule has 78 valence electrons. The molecule has 0 bridgehead atoms. The largest absolute Gasteiger partial charge is 0.476 e. The molecule has 0 radical (unpaired) electrons. The summed E-state index contributed by atoms with van der Waals surface area (Å²) >= 11 is 1.63. The van der Waals surface area contributed by atoms with Crippen LogP contribution in [0.25, 0.3) is 5.57 Å². The highest BCUT2D eigenvalue weighted by atomic mass is 32.2. The van der Waals surface area contributed by atoms with Crippen LogP contribution in [0.3, 0.4) is 0 Å². The minimum Gasteiger partial charge on any atom is -0.476 e. The van der Waals surface area contributed by atoms with Gasteiger partial charge < -0.3 is 5.11 Å². The highest BCUT2D eigenvalue weighted by molar-refractivity contribution is 7.99. The average molecular weight is 224 g/mol. The molecule has 0 fully saturated rings. The summed E-state index contributed by atoms with van der Waals surface area (Å²) in [5.41, 5.74) is 1.03. The number of hydrogen-bond acceptors (Lipinski definition) is 2. The Bertz CT molecular complexity index is 440. The Morgan fingerprint density at radius 3 is 2.87 bits per heavy atom. The monoisotopic (exact) mass is 224 g/mol. The van der Waals surface area contributed by atoms with Gasteiger partial charge >= 0.3 is 5.97 Å². The molecule has 0 aliphatic carbocycles. The molecule has 1 heterocycles. The van der Waals surface area contributed by atoms with Crippen LogP contribution in [0.4, 0.5) is 4.39 Å². The summed E-state index contributed by atoms with van der Waals surface area (Å²) in [7, 11) is 0. The fourth-order valence-electron chi connectivity index (χ4n) is 1.60. The van der Waals surface area contributed by atoms with Gasteiger partial charge in [-0.05, 0) is 18.1 Å². The molecular formula is C11H9FO2S. The van der Waals surface area contributed by atoms with Gasteiger partial charge in [0, 0.05) is 16.2 Å². The standard InChI is InChI=1S/C11H9FO2S/c12-10(11(13)14)8-5-6-15-9-4-2-1-3-7(8)9/h1-4H,5-6H2,(H,13,14)/b10-8+. The van der Waals surface area contributed by atoms with E-state index in [9.17, 15) is 9.18 Å². The number of rotatable bonds is 1. The Morgan fingerprint density at radius 1 is 1.40 bits per heavy atom. The van der Waals surface area contributed by atoms with Crippen molar-refractivity contribution in [1.82, 2.24) is 0 Å². The maximum atomic E-state index is 13.4. The third-order valence-electron chi connectivity index (χ3n) is 2.27. The lowest BCUT2D eigenvalue weighted by Crippen LogP contribution is -2.04. The zero-order valence-electron chi connectivity index (χ0n) is 7.87. The number of benzene rings is 1. The van der Waals surface area contributed by atoms with Gasteiger partial charge in [0.2, 0.25) is 5.83 Å². The van der Waals surface area contributed by atoms with Crippen molar-refractivity contribution in [2.24, 2.45) is 0 Å². The second-order valence-corrected chi connectivity index (χ2v) is 4.33. The number of halogens is 1. The molecule has 0 aromatic heterocycles. The van der Waals surface area contributed by atoms with Crippen molar-refractivity contribution in [2.45, 2.75) is 11.3 Å². The van der Waals surface area contributed by atoms with Crippen LogP contribution in [0.15, 0.2) is 35.0 Å². The number of thioether (sulfide) groups is 1. The number of carboxylic acids is 1. The Balaban J connectivity index is 2.55. The summed E-state index contributed by atoms with van der Waals surface area (Å²) in [5.74, 6) is -1.78. The minimum absolute atomic E-state index is 0.317. The van der Waals surface area contributed by atoms with Crippen molar-refractivity contribution in [3.8, 4) is 0 Å². The second-order valence-electron chi connectivity index (χ2n) is 3.19. The van der Waals surface area contributed by atoms with Crippen LogP contribution in [-0.2, 0) is 4.79 Å². The first kappa shape index (κ1) is 10.2. The Kier molecular flexibility index (Phi) is 2.77. The molecule has 0 atom stereocenters. The highest BCUT2D eigenvalue weighted by Gasteiger charge is 2.21. The number of carbonyl (C=O) groups is 1. The summed E-state index contributed by atoms with van der Waals surface area (Å²) in [6.07, 6.45) is 0.472. The smallest absolute Gasteiger partial charge is 0.365 e. The lowest BCUT2D eigenvalue weighted by Gasteiger charge is -2.17. The van der Waals surface area contributed by atoms with Gasteiger partial charge in [0.05, 0.1) is 0 Å². The van der Waals surface area contributed by atoms with Crippen LogP contribution in [0.5, 0.6) is 0 Å². The molecule has 1 N–H and O–H groups in total. The number of carboxylic acid groups (broad SMARTS) is 1. The van der Waals surface area contributed by atoms with E-state index in [-0.39, 0.29) is 0 Å². The van der Waals surface area contributed by atoms with E-state index < -0.39 is 11.8 Å². The van der Waals surface area contributed by atoms with Crippen molar-refractivity contribution >= 4 is 23.3 Å². The molecule has 0 saturated heterocycles. The molecule has 1 aromatic rings. The molecule has 0 spiro atoms. The molecule has 0 amide bonds. The van der Waals surface area contributed by atoms with Crippen LogP contribution in [-0.4, -0.2) is 16.8 Å². The van der Waals surface area contributed by atoms with Crippen molar-refractivity contribution in [3.63, 3.8) is 0 Å². The molecule has 1 aromatic carbocycles. The topological polar surface area (TPSA) is 37.3 Å². The first-order valence-electron chi connectivity index (χ1n) is 4.54. The molecule has 1 aliphatic rings. The fraction of sp³-hybridized carbons (Fsp3) is 0.182. The maximum absolute atomic E-state index is 13.4. The van der Waals surface area contributed by atoms with E-state index in [1.165, 1.54) is 0 Å².